The predicted molar refractivity (Wildman–Crippen MR) is 69.1 cm³/mol. The molecule has 1 saturated heterocycles. The average molecular weight is 258 g/mol. The van der Waals surface area contributed by atoms with Gasteiger partial charge in [-0.3, -0.25) is 4.79 Å². The Hall–Kier alpha value is -0.610. The van der Waals surface area contributed by atoms with Crippen molar-refractivity contribution in [3.8, 4) is 0 Å². The molecule has 18 heavy (non-hydrogen) atoms. The molecule has 0 radical (unpaired) electrons. The van der Waals surface area contributed by atoms with E-state index >= 15 is 0 Å². The Balaban J connectivity index is 2.30. The summed E-state index contributed by atoms with van der Waals surface area (Å²) in [6.45, 7) is 8.84. The topological polar surface area (TPSA) is 44.8 Å². The second-order valence-corrected chi connectivity index (χ2v) is 5.35. The molecule has 1 heterocycles. The lowest BCUT2D eigenvalue weighted by Crippen LogP contribution is -2.41. The summed E-state index contributed by atoms with van der Waals surface area (Å²) in [6.07, 6.45) is 2.56. The highest BCUT2D eigenvalue weighted by atomic mass is 16.7. The van der Waals surface area contributed by atoms with Gasteiger partial charge in [-0.2, -0.15) is 0 Å². The van der Waals surface area contributed by atoms with Crippen molar-refractivity contribution in [3.05, 3.63) is 0 Å². The van der Waals surface area contributed by atoms with Crippen LogP contribution in [0, 0.1) is 5.92 Å². The van der Waals surface area contributed by atoms with Crippen LogP contribution < -0.4 is 0 Å². The van der Waals surface area contributed by atoms with Gasteiger partial charge < -0.3 is 14.2 Å². The maximum atomic E-state index is 11.4. The van der Waals surface area contributed by atoms with Gasteiger partial charge in [0.25, 0.3) is 0 Å². The van der Waals surface area contributed by atoms with E-state index in [9.17, 15) is 4.79 Å². The van der Waals surface area contributed by atoms with E-state index in [2.05, 4.69) is 13.8 Å². The van der Waals surface area contributed by atoms with Crippen LogP contribution in [0.4, 0.5) is 0 Å². The Kier molecular flexibility index (Phi) is 6.65. The van der Waals surface area contributed by atoms with Crippen LogP contribution in [0.25, 0.3) is 0 Å². The first kappa shape index (κ1) is 15.4. The van der Waals surface area contributed by atoms with Crippen LogP contribution in [0.15, 0.2) is 0 Å². The molecule has 0 bridgehead atoms. The van der Waals surface area contributed by atoms with Crippen molar-refractivity contribution in [2.75, 3.05) is 6.61 Å². The van der Waals surface area contributed by atoms with Gasteiger partial charge in [0.05, 0.1) is 12.7 Å². The van der Waals surface area contributed by atoms with Crippen molar-refractivity contribution in [1.29, 1.82) is 0 Å². The third kappa shape index (κ3) is 5.36. The largest absolute Gasteiger partial charge is 0.460 e. The highest BCUT2D eigenvalue weighted by Crippen LogP contribution is 2.23. The third-order valence-electron chi connectivity index (χ3n) is 2.93. The predicted octanol–water partition coefficient (Wildman–Crippen LogP) is 2.90. The minimum absolute atomic E-state index is 0.0864. The molecule has 0 aromatic heterocycles. The van der Waals surface area contributed by atoms with Gasteiger partial charge in [0, 0.05) is 12.8 Å². The summed E-state index contributed by atoms with van der Waals surface area (Å²) < 4.78 is 16.8. The average Bonchev–Trinajstić information content (AvgIpc) is 2.30. The zero-order valence-electron chi connectivity index (χ0n) is 12.0. The van der Waals surface area contributed by atoms with Crippen LogP contribution >= 0.6 is 0 Å². The van der Waals surface area contributed by atoms with Crippen LogP contribution in [0.2, 0.25) is 0 Å². The summed E-state index contributed by atoms with van der Waals surface area (Å²) in [6, 6.07) is 0. The van der Waals surface area contributed by atoms with Crippen molar-refractivity contribution in [2.45, 2.75) is 71.9 Å². The fraction of sp³-hybridized carbons (Fsp3) is 0.929. The van der Waals surface area contributed by atoms with Crippen LogP contribution in [0.5, 0.6) is 0 Å². The molecule has 1 aliphatic rings. The van der Waals surface area contributed by atoms with Gasteiger partial charge in [-0.05, 0) is 25.7 Å². The summed E-state index contributed by atoms with van der Waals surface area (Å²) in [4.78, 5) is 11.4. The smallest absolute Gasteiger partial charge is 0.306 e. The second kappa shape index (κ2) is 7.74. The van der Waals surface area contributed by atoms with E-state index in [-0.39, 0.29) is 24.5 Å². The van der Waals surface area contributed by atoms with Crippen molar-refractivity contribution in [2.24, 2.45) is 5.92 Å². The molecular formula is C14H26O4. The molecule has 0 aromatic rings. The Labute approximate surface area is 110 Å². The molecule has 1 fully saturated rings. The quantitative estimate of drug-likeness (QED) is 0.687. The normalized spacial score (nSPS) is 28.4. The molecular weight excluding hydrogens is 232 g/mol. The first-order valence-electron chi connectivity index (χ1n) is 6.99. The van der Waals surface area contributed by atoms with E-state index < -0.39 is 0 Å². The number of rotatable bonds is 6. The summed E-state index contributed by atoms with van der Waals surface area (Å²) in [5.41, 5.74) is 0. The fourth-order valence-corrected chi connectivity index (χ4v) is 1.94. The van der Waals surface area contributed by atoms with E-state index in [0.717, 1.165) is 19.3 Å². The number of carbonyl (C=O) groups is 1. The molecule has 3 atom stereocenters. The molecule has 1 rings (SSSR count). The van der Waals surface area contributed by atoms with E-state index in [1.165, 1.54) is 0 Å². The molecule has 0 saturated carbocycles. The Morgan fingerprint density at radius 3 is 2.67 bits per heavy atom. The number of hydrogen-bond acceptors (Lipinski definition) is 4. The lowest BCUT2D eigenvalue weighted by molar-refractivity contribution is -0.227. The van der Waals surface area contributed by atoms with E-state index in [4.69, 9.17) is 14.2 Å². The Morgan fingerprint density at radius 1 is 1.39 bits per heavy atom. The zero-order chi connectivity index (χ0) is 13.5. The number of hydrogen-bond donors (Lipinski definition) is 0. The number of ether oxygens (including phenoxy) is 3. The van der Waals surface area contributed by atoms with Crippen molar-refractivity contribution in [1.82, 2.24) is 0 Å². The lowest BCUT2D eigenvalue weighted by Gasteiger charge is -2.34. The van der Waals surface area contributed by atoms with Crippen molar-refractivity contribution in [3.63, 3.8) is 0 Å². The first-order chi connectivity index (χ1) is 8.52. The SMILES string of the molecule is CCCC(=O)O[C@@H]1CC[C@@H](OCC(C)C)O[C@H]1C. The maximum absolute atomic E-state index is 11.4. The number of esters is 1. The van der Waals surface area contributed by atoms with Crippen LogP contribution in [0.3, 0.4) is 0 Å². The molecule has 1 aliphatic heterocycles. The van der Waals surface area contributed by atoms with E-state index in [0.29, 0.717) is 18.9 Å². The highest BCUT2D eigenvalue weighted by molar-refractivity contribution is 5.69. The summed E-state index contributed by atoms with van der Waals surface area (Å²) in [5.74, 6) is 0.378. The molecule has 0 amide bonds. The molecule has 0 N–H and O–H groups in total. The molecule has 4 nitrogen and oxygen atoms in total. The van der Waals surface area contributed by atoms with Gasteiger partial charge in [0.1, 0.15) is 6.10 Å². The molecule has 0 unspecified atom stereocenters. The van der Waals surface area contributed by atoms with Crippen LogP contribution in [-0.4, -0.2) is 31.1 Å². The monoisotopic (exact) mass is 258 g/mol. The molecule has 0 aliphatic carbocycles. The van der Waals surface area contributed by atoms with Gasteiger partial charge in [-0.1, -0.05) is 20.8 Å². The van der Waals surface area contributed by atoms with Gasteiger partial charge >= 0.3 is 5.97 Å². The third-order valence-corrected chi connectivity index (χ3v) is 2.93. The van der Waals surface area contributed by atoms with E-state index in [1.807, 2.05) is 13.8 Å². The summed E-state index contributed by atoms with van der Waals surface area (Å²) in [5, 5.41) is 0. The number of carbonyl (C=O) groups excluding carboxylic acids is 1. The van der Waals surface area contributed by atoms with Gasteiger partial charge in [-0.25, -0.2) is 0 Å². The lowest BCUT2D eigenvalue weighted by atomic mass is 10.1. The summed E-state index contributed by atoms with van der Waals surface area (Å²) in [7, 11) is 0. The second-order valence-electron chi connectivity index (χ2n) is 5.35. The van der Waals surface area contributed by atoms with Crippen molar-refractivity contribution >= 4 is 5.97 Å². The maximum Gasteiger partial charge on any atom is 0.306 e. The Bertz CT molecular complexity index is 252. The molecule has 4 heteroatoms. The van der Waals surface area contributed by atoms with Gasteiger partial charge in [-0.15, -0.1) is 0 Å². The fourth-order valence-electron chi connectivity index (χ4n) is 1.94. The molecule has 0 aromatic carbocycles. The van der Waals surface area contributed by atoms with E-state index in [1.54, 1.807) is 0 Å². The minimum atomic E-state index is -0.150. The summed E-state index contributed by atoms with van der Waals surface area (Å²) >= 11 is 0. The molecule has 106 valence electrons. The highest BCUT2D eigenvalue weighted by Gasteiger charge is 2.31. The standard InChI is InChI=1S/C14H26O4/c1-5-6-13(15)18-12-7-8-14(17-11(12)4)16-9-10(2)3/h10-12,14H,5-9H2,1-4H3/t11-,12+,14-/m0/s1. The minimum Gasteiger partial charge on any atom is -0.460 e. The van der Waals surface area contributed by atoms with Gasteiger partial charge in [0.2, 0.25) is 0 Å². The van der Waals surface area contributed by atoms with Crippen LogP contribution in [0.1, 0.15) is 53.4 Å². The zero-order valence-corrected chi connectivity index (χ0v) is 12.0. The molecule has 0 spiro atoms. The Morgan fingerprint density at radius 2 is 2.11 bits per heavy atom. The first-order valence-corrected chi connectivity index (χ1v) is 6.99. The van der Waals surface area contributed by atoms with Crippen molar-refractivity contribution < 1.29 is 19.0 Å². The van der Waals surface area contributed by atoms with Gasteiger partial charge in [0.15, 0.2) is 6.29 Å². The van der Waals surface area contributed by atoms with Crippen LogP contribution in [-0.2, 0) is 19.0 Å².